The number of carbonyl (C=O) groups is 1. The first kappa shape index (κ1) is 16.4. The Morgan fingerprint density at radius 2 is 2.20 bits per heavy atom. The van der Waals surface area contributed by atoms with Crippen molar-refractivity contribution in [2.75, 3.05) is 31.2 Å². The molecule has 0 unspecified atom stereocenters. The van der Waals surface area contributed by atoms with Gasteiger partial charge in [0.25, 0.3) is 5.91 Å². The zero-order valence-corrected chi connectivity index (χ0v) is 12.5. The molecule has 0 bridgehead atoms. The number of hydrogen-bond donors (Lipinski definition) is 2. The molecule has 1 amide bonds. The van der Waals surface area contributed by atoms with Gasteiger partial charge in [0.1, 0.15) is 5.82 Å². The fourth-order valence-corrected chi connectivity index (χ4v) is 2.70. The normalized spacial score (nSPS) is 11.6. The molecule has 0 fully saturated rings. The number of amides is 1. The Morgan fingerprint density at radius 3 is 2.75 bits per heavy atom. The van der Waals surface area contributed by atoms with Gasteiger partial charge in [-0.1, -0.05) is 6.92 Å². The predicted molar refractivity (Wildman–Crippen MR) is 78.0 cm³/mol. The fourth-order valence-electron chi connectivity index (χ4n) is 1.77. The standard InChI is InChI=1S/C12H20N4O3S/c1-3-16(20(2,18)19)9-5-8-15-12-10(11(13)17)6-4-7-14-12/h4,6-7H,3,5,8-9H2,1-2H3,(H2,13,17)(H,14,15). The largest absolute Gasteiger partial charge is 0.369 e. The average molecular weight is 300 g/mol. The lowest BCUT2D eigenvalue weighted by Gasteiger charge is -2.17. The van der Waals surface area contributed by atoms with Gasteiger partial charge in [0.2, 0.25) is 10.0 Å². The first-order valence-electron chi connectivity index (χ1n) is 6.30. The molecule has 0 aliphatic heterocycles. The number of rotatable bonds is 8. The van der Waals surface area contributed by atoms with Gasteiger partial charge in [0, 0.05) is 25.8 Å². The summed E-state index contributed by atoms with van der Waals surface area (Å²) in [7, 11) is -3.17. The van der Waals surface area contributed by atoms with Crippen LogP contribution >= 0.6 is 0 Å². The van der Waals surface area contributed by atoms with E-state index < -0.39 is 15.9 Å². The summed E-state index contributed by atoms with van der Waals surface area (Å²) in [4.78, 5) is 15.2. The molecule has 0 aliphatic rings. The highest BCUT2D eigenvalue weighted by Gasteiger charge is 2.13. The van der Waals surface area contributed by atoms with Crippen molar-refractivity contribution in [3.63, 3.8) is 0 Å². The first-order valence-corrected chi connectivity index (χ1v) is 8.15. The van der Waals surface area contributed by atoms with E-state index in [1.165, 1.54) is 10.6 Å². The molecule has 20 heavy (non-hydrogen) atoms. The van der Waals surface area contributed by atoms with Gasteiger partial charge in [-0.25, -0.2) is 17.7 Å². The van der Waals surface area contributed by atoms with Crippen molar-refractivity contribution in [2.45, 2.75) is 13.3 Å². The van der Waals surface area contributed by atoms with Crippen LogP contribution in [-0.4, -0.2) is 49.5 Å². The van der Waals surface area contributed by atoms with E-state index in [-0.39, 0.29) is 0 Å². The first-order chi connectivity index (χ1) is 9.36. The van der Waals surface area contributed by atoms with Crippen molar-refractivity contribution in [3.8, 4) is 0 Å². The van der Waals surface area contributed by atoms with Crippen LogP contribution in [0, 0.1) is 0 Å². The molecular formula is C12H20N4O3S. The van der Waals surface area contributed by atoms with E-state index in [9.17, 15) is 13.2 Å². The summed E-state index contributed by atoms with van der Waals surface area (Å²) in [5.74, 6) is -0.130. The molecule has 1 aromatic rings. The molecule has 1 aromatic heterocycles. The van der Waals surface area contributed by atoms with E-state index >= 15 is 0 Å². The van der Waals surface area contributed by atoms with Crippen LogP contribution in [0.15, 0.2) is 18.3 Å². The van der Waals surface area contributed by atoms with Gasteiger partial charge < -0.3 is 11.1 Å². The number of sulfonamides is 1. The van der Waals surface area contributed by atoms with Crippen LogP contribution in [0.4, 0.5) is 5.82 Å². The number of carbonyl (C=O) groups excluding carboxylic acids is 1. The summed E-state index contributed by atoms with van der Waals surface area (Å²) in [6.45, 7) is 3.15. The SMILES string of the molecule is CCN(CCCNc1ncccc1C(N)=O)S(C)(=O)=O. The van der Waals surface area contributed by atoms with E-state index in [1.807, 2.05) is 0 Å². The van der Waals surface area contributed by atoms with Gasteiger partial charge in [0.15, 0.2) is 0 Å². The summed E-state index contributed by atoms with van der Waals surface area (Å²) in [5, 5.41) is 2.99. The lowest BCUT2D eigenvalue weighted by Crippen LogP contribution is -2.31. The second kappa shape index (κ2) is 7.20. The summed E-state index contributed by atoms with van der Waals surface area (Å²) in [6.07, 6.45) is 3.35. The van der Waals surface area contributed by atoms with Crippen molar-refractivity contribution in [1.82, 2.24) is 9.29 Å². The second-order valence-corrected chi connectivity index (χ2v) is 6.28. The average Bonchev–Trinajstić information content (AvgIpc) is 2.37. The third kappa shape index (κ3) is 4.78. The Hall–Kier alpha value is -1.67. The molecule has 0 aliphatic carbocycles. The third-order valence-electron chi connectivity index (χ3n) is 2.77. The summed E-state index contributed by atoms with van der Waals surface area (Å²) < 4.78 is 24.2. The molecule has 1 heterocycles. The van der Waals surface area contributed by atoms with Crippen LogP contribution in [0.1, 0.15) is 23.7 Å². The van der Waals surface area contributed by atoms with Crippen molar-refractivity contribution < 1.29 is 13.2 Å². The number of nitrogens with zero attached hydrogens (tertiary/aromatic N) is 2. The number of nitrogens with one attached hydrogen (secondary N) is 1. The predicted octanol–water partition coefficient (Wildman–Crippen LogP) is 0.264. The third-order valence-corrected chi connectivity index (χ3v) is 4.15. The van der Waals surface area contributed by atoms with Gasteiger partial charge in [-0.05, 0) is 18.6 Å². The zero-order chi connectivity index (χ0) is 15.2. The molecule has 0 radical (unpaired) electrons. The highest BCUT2D eigenvalue weighted by Crippen LogP contribution is 2.10. The highest BCUT2D eigenvalue weighted by atomic mass is 32.2. The maximum atomic E-state index is 11.4. The van der Waals surface area contributed by atoms with E-state index in [1.54, 1.807) is 25.3 Å². The fraction of sp³-hybridized carbons (Fsp3) is 0.500. The number of hydrogen-bond acceptors (Lipinski definition) is 5. The monoisotopic (exact) mass is 300 g/mol. The summed E-state index contributed by atoms with van der Waals surface area (Å²) in [5.41, 5.74) is 5.56. The Morgan fingerprint density at radius 1 is 1.50 bits per heavy atom. The Balaban J connectivity index is 2.52. The van der Waals surface area contributed by atoms with Gasteiger partial charge >= 0.3 is 0 Å². The van der Waals surface area contributed by atoms with Crippen LogP contribution in [-0.2, 0) is 10.0 Å². The summed E-state index contributed by atoms with van der Waals surface area (Å²) in [6, 6.07) is 3.22. The van der Waals surface area contributed by atoms with Crippen LogP contribution in [0.5, 0.6) is 0 Å². The van der Waals surface area contributed by atoms with Crippen LogP contribution < -0.4 is 11.1 Å². The van der Waals surface area contributed by atoms with Gasteiger partial charge in [-0.15, -0.1) is 0 Å². The molecule has 7 nitrogen and oxygen atoms in total. The molecule has 0 spiro atoms. The Kier molecular flexibility index (Phi) is 5.90. The molecule has 0 atom stereocenters. The minimum Gasteiger partial charge on any atom is -0.369 e. The smallest absolute Gasteiger partial charge is 0.252 e. The summed E-state index contributed by atoms with van der Waals surface area (Å²) >= 11 is 0. The van der Waals surface area contributed by atoms with Gasteiger partial charge in [-0.3, -0.25) is 4.79 Å². The van der Waals surface area contributed by atoms with E-state index in [4.69, 9.17) is 5.73 Å². The number of nitrogens with two attached hydrogens (primary N) is 1. The van der Waals surface area contributed by atoms with Gasteiger partial charge in [-0.2, -0.15) is 0 Å². The van der Waals surface area contributed by atoms with Gasteiger partial charge in [0.05, 0.1) is 11.8 Å². The quantitative estimate of drug-likeness (QED) is 0.670. The number of anilines is 1. The molecule has 1 rings (SSSR count). The van der Waals surface area contributed by atoms with Crippen molar-refractivity contribution >= 4 is 21.7 Å². The van der Waals surface area contributed by atoms with Crippen molar-refractivity contribution in [2.24, 2.45) is 5.73 Å². The van der Waals surface area contributed by atoms with Crippen molar-refractivity contribution in [3.05, 3.63) is 23.9 Å². The molecular weight excluding hydrogens is 280 g/mol. The van der Waals surface area contributed by atoms with E-state index in [2.05, 4.69) is 10.3 Å². The van der Waals surface area contributed by atoms with E-state index in [0.717, 1.165) is 0 Å². The number of pyridine rings is 1. The zero-order valence-electron chi connectivity index (χ0n) is 11.7. The second-order valence-electron chi connectivity index (χ2n) is 4.30. The van der Waals surface area contributed by atoms with Crippen molar-refractivity contribution in [1.29, 1.82) is 0 Å². The lowest BCUT2D eigenvalue weighted by molar-refractivity contribution is 0.100. The molecule has 0 saturated carbocycles. The molecule has 0 aromatic carbocycles. The minimum absolute atomic E-state index is 0.322. The Labute approximate surface area is 119 Å². The number of aromatic nitrogens is 1. The topological polar surface area (TPSA) is 105 Å². The minimum atomic E-state index is -3.17. The molecule has 112 valence electrons. The Bertz CT molecular complexity index is 560. The molecule has 8 heteroatoms. The maximum absolute atomic E-state index is 11.4. The number of primary amides is 1. The van der Waals surface area contributed by atoms with Crippen LogP contribution in [0.3, 0.4) is 0 Å². The maximum Gasteiger partial charge on any atom is 0.252 e. The molecule has 3 N–H and O–H groups in total. The van der Waals surface area contributed by atoms with Crippen LogP contribution in [0.2, 0.25) is 0 Å². The van der Waals surface area contributed by atoms with E-state index in [0.29, 0.717) is 37.4 Å². The lowest BCUT2D eigenvalue weighted by atomic mass is 10.2. The molecule has 0 saturated heterocycles. The van der Waals surface area contributed by atoms with Crippen LogP contribution in [0.25, 0.3) is 0 Å². The highest BCUT2D eigenvalue weighted by molar-refractivity contribution is 7.88.